The fraction of sp³-hybridized carbons (Fsp3) is 0.905. The Kier molecular flexibility index (Phi) is 16.3. The number of aliphatic hydroxyl groups is 2. The van der Waals surface area contributed by atoms with Crippen LogP contribution < -0.4 is 0 Å². The smallest absolute Gasteiger partial charge is 0.306 e. The Labute approximate surface area is 164 Å². The minimum Gasteiger partial charge on any atom is -0.481 e. The van der Waals surface area contributed by atoms with Crippen LogP contribution in [0.4, 0.5) is 0 Å². The molecular formula is C21H40O6. The second-order valence-corrected chi connectivity index (χ2v) is 7.90. The van der Waals surface area contributed by atoms with Gasteiger partial charge in [-0.1, -0.05) is 71.1 Å². The van der Waals surface area contributed by atoms with E-state index in [4.69, 9.17) is 15.3 Å². The van der Waals surface area contributed by atoms with Crippen LogP contribution in [0, 0.1) is 11.8 Å². The van der Waals surface area contributed by atoms with Gasteiger partial charge < -0.3 is 20.4 Å². The highest BCUT2D eigenvalue weighted by Crippen LogP contribution is 2.21. The van der Waals surface area contributed by atoms with E-state index in [1.54, 1.807) is 0 Å². The van der Waals surface area contributed by atoms with Crippen molar-refractivity contribution in [2.45, 2.75) is 103 Å². The topological polar surface area (TPSA) is 115 Å². The van der Waals surface area contributed by atoms with Crippen molar-refractivity contribution in [2.75, 3.05) is 6.61 Å². The maximum absolute atomic E-state index is 11.2. The first-order valence-corrected chi connectivity index (χ1v) is 10.6. The molecule has 0 aromatic heterocycles. The third-order valence-corrected chi connectivity index (χ3v) is 5.20. The van der Waals surface area contributed by atoms with Gasteiger partial charge in [0.2, 0.25) is 0 Å². The molecule has 6 nitrogen and oxygen atoms in total. The Balaban J connectivity index is 3.56. The lowest BCUT2D eigenvalue weighted by molar-refractivity contribution is -0.143. The van der Waals surface area contributed by atoms with Gasteiger partial charge in [0.15, 0.2) is 0 Å². The van der Waals surface area contributed by atoms with Crippen molar-refractivity contribution in [2.24, 2.45) is 11.8 Å². The van der Waals surface area contributed by atoms with Gasteiger partial charge in [-0.2, -0.15) is 0 Å². The molecule has 0 spiro atoms. The molecule has 0 rings (SSSR count). The molecule has 0 aromatic rings. The summed E-state index contributed by atoms with van der Waals surface area (Å²) >= 11 is 0. The quantitative estimate of drug-likeness (QED) is 0.246. The van der Waals surface area contributed by atoms with E-state index in [1.165, 1.54) is 32.1 Å². The molecule has 0 aliphatic carbocycles. The molecule has 4 N–H and O–H groups in total. The van der Waals surface area contributed by atoms with Crippen LogP contribution in [-0.4, -0.2) is 45.1 Å². The van der Waals surface area contributed by atoms with Crippen molar-refractivity contribution in [3.05, 3.63) is 0 Å². The van der Waals surface area contributed by atoms with E-state index in [9.17, 15) is 14.7 Å². The summed E-state index contributed by atoms with van der Waals surface area (Å²) in [6, 6.07) is 0. The van der Waals surface area contributed by atoms with Gasteiger partial charge in [0.1, 0.15) is 0 Å². The van der Waals surface area contributed by atoms with E-state index in [1.807, 2.05) is 0 Å². The summed E-state index contributed by atoms with van der Waals surface area (Å²) in [6.45, 7) is 1.86. The van der Waals surface area contributed by atoms with Gasteiger partial charge in [0, 0.05) is 6.42 Å². The summed E-state index contributed by atoms with van der Waals surface area (Å²) in [4.78, 5) is 21.6. The number of hydrogen-bond acceptors (Lipinski definition) is 4. The third kappa shape index (κ3) is 16.7. The summed E-state index contributed by atoms with van der Waals surface area (Å²) < 4.78 is 0. The maximum atomic E-state index is 11.2. The fourth-order valence-corrected chi connectivity index (χ4v) is 3.43. The van der Waals surface area contributed by atoms with Gasteiger partial charge in [-0.05, 0) is 25.2 Å². The average molecular weight is 389 g/mol. The van der Waals surface area contributed by atoms with Crippen LogP contribution in [-0.2, 0) is 9.59 Å². The number of aliphatic hydroxyl groups excluding tert-OH is 2. The molecule has 0 bridgehead atoms. The Bertz CT molecular complexity index is 385. The van der Waals surface area contributed by atoms with Gasteiger partial charge in [-0.25, -0.2) is 0 Å². The predicted octanol–water partition coefficient (Wildman–Crippen LogP) is 4.22. The first kappa shape index (κ1) is 25.9. The highest BCUT2D eigenvalue weighted by atomic mass is 16.4. The largest absolute Gasteiger partial charge is 0.481 e. The Morgan fingerprint density at radius 2 is 1.26 bits per heavy atom. The van der Waals surface area contributed by atoms with Crippen molar-refractivity contribution in [1.29, 1.82) is 0 Å². The number of carboxylic acid groups (broad SMARTS) is 2. The lowest BCUT2D eigenvalue weighted by Gasteiger charge is -2.16. The lowest BCUT2D eigenvalue weighted by atomic mass is 9.92. The lowest BCUT2D eigenvalue weighted by Crippen LogP contribution is -2.23. The highest BCUT2D eigenvalue weighted by Gasteiger charge is 2.20. The molecule has 0 aliphatic rings. The number of rotatable bonds is 19. The van der Waals surface area contributed by atoms with Crippen molar-refractivity contribution in [1.82, 2.24) is 0 Å². The van der Waals surface area contributed by atoms with Gasteiger partial charge in [-0.15, -0.1) is 0 Å². The number of carboxylic acids is 2. The van der Waals surface area contributed by atoms with Crippen molar-refractivity contribution in [3.63, 3.8) is 0 Å². The number of hydrogen-bond donors (Lipinski definition) is 4. The molecule has 3 unspecified atom stereocenters. The molecule has 0 heterocycles. The monoisotopic (exact) mass is 388 g/mol. The van der Waals surface area contributed by atoms with Gasteiger partial charge in [0.25, 0.3) is 0 Å². The zero-order valence-corrected chi connectivity index (χ0v) is 16.9. The third-order valence-electron chi connectivity index (χ3n) is 5.20. The number of unbranched alkanes of at least 4 members (excludes halogenated alkanes) is 7. The van der Waals surface area contributed by atoms with Crippen LogP contribution in [0.1, 0.15) is 96.8 Å². The summed E-state index contributed by atoms with van der Waals surface area (Å²) in [6.07, 6.45) is 11.9. The standard InChI is InChI=1S/C21H40O6/c1-17(11-7-5-3-2-4-6-8-14-20(24)25)12-9-10-13-18(21(26)27)15-19(23)16-22/h17-19,22-23H,2-16H2,1H3,(H,24,25)(H,26,27). The van der Waals surface area contributed by atoms with E-state index in [2.05, 4.69) is 6.92 Å². The Hall–Kier alpha value is -1.14. The van der Waals surface area contributed by atoms with E-state index in [-0.39, 0.29) is 19.4 Å². The van der Waals surface area contributed by atoms with Crippen molar-refractivity contribution in [3.8, 4) is 0 Å². The highest BCUT2D eigenvalue weighted by molar-refractivity contribution is 5.69. The summed E-state index contributed by atoms with van der Waals surface area (Å²) in [7, 11) is 0. The number of carbonyl (C=O) groups is 2. The second kappa shape index (κ2) is 17.0. The molecular weight excluding hydrogens is 348 g/mol. The van der Waals surface area contributed by atoms with E-state index >= 15 is 0 Å². The molecule has 0 saturated carbocycles. The predicted molar refractivity (Wildman–Crippen MR) is 106 cm³/mol. The van der Waals surface area contributed by atoms with E-state index in [0.29, 0.717) is 12.3 Å². The first-order valence-electron chi connectivity index (χ1n) is 10.6. The van der Waals surface area contributed by atoms with Crippen molar-refractivity contribution < 1.29 is 30.0 Å². The molecule has 0 saturated heterocycles. The molecule has 0 amide bonds. The van der Waals surface area contributed by atoms with Crippen LogP contribution >= 0.6 is 0 Å². The molecule has 160 valence electrons. The van der Waals surface area contributed by atoms with Gasteiger partial charge >= 0.3 is 11.9 Å². The summed E-state index contributed by atoms with van der Waals surface area (Å²) in [5, 5.41) is 36.0. The molecule has 0 radical (unpaired) electrons. The molecule has 0 aromatic carbocycles. The second-order valence-electron chi connectivity index (χ2n) is 7.90. The van der Waals surface area contributed by atoms with Crippen LogP contribution in [0.5, 0.6) is 0 Å². The fourth-order valence-electron chi connectivity index (χ4n) is 3.43. The molecule has 27 heavy (non-hydrogen) atoms. The molecule has 0 aliphatic heterocycles. The van der Waals surface area contributed by atoms with Crippen LogP contribution in [0.15, 0.2) is 0 Å². The SMILES string of the molecule is CC(CCCCCCCCCC(=O)O)CCCCC(CC(O)CO)C(=O)O. The summed E-state index contributed by atoms with van der Waals surface area (Å²) in [5.74, 6) is -1.52. The van der Waals surface area contributed by atoms with E-state index in [0.717, 1.165) is 38.5 Å². The zero-order valence-electron chi connectivity index (χ0n) is 16.9. The van der Waals surface area contributed by atoms with E-state index < -0.39 is 24.0 Å². The van der Waals surface area contributed by atoms with Gasteiger partial charge in [-0.3, -0.25) is 9.59 Å². The summed E-state index contributed by atoms with van der Waals surface area (Å²) in [5.41, 5.74) is 0. The number of aliphatic carboxylic acids is 2. The minimum absolute atomic E-state index is 0.123. The van der Waals surface area contributed by atoms with Gasteiger partial charge in [0.05, 0.1) is 18.6 Å². The zero-order chi connectivity index (χ0) is 20.5. The Morgan fingerprint density at radius 1 is 0.778 bits per heavy atom. The maximum Gasteiger partial charge on any atom is 0.306 e. The molecule has 6 heteroatoms. The van der Waals surface area contributed by atoms with Crippen molar-refractivity contribution >= 4 is 11.9 Å². The molecule has 3 atom stereocenters. The first-order chi connectivity index (χ1) is 12.9. The van der Waals surface area contributed by atoms with Crippen LogP contribution in [0.2, 0.25) is 0 Å². The van der Waals surface area contributed by atoms with Crippen LogP contribution in [0.3, 0.4) is 0 Å². The minimum atomic E-state index is -0.942. The Morgan fingerprint density at radius 3 is 1.78 bits per heavy atom. The van der Waals surface area contributed by atoms with Crippen LogP contribution in [0.25, 0.3) is 0 Å². The average Bonchev–Trinajstić information content (AvgIpc) is 2.62. The molecule has 0 fully saturated rings. The normalized spacial score (nSPS) is 14.6.